The summed E-state index contributed by atoms with van der Waals surface area (Å²) in [5, 5.41) is 4.25. The molecule has 0 unspecified atom stereocenters. The number of benzene rings is 1. The molecule has 0 N–H and O–H groups in total. The van der Waals surface area contributed by atoms with Gasteiger partial charge in [-0.25, -0.2) is 9.67 Å². The van der Waals surface area contributed by atoms with Crippen LogP contribution in [0.5, 0.6) is 0 Å². The number of aryl methyl sites for hydroxylation is 1. The quantitative estimate of drug-likeness (QED) is 0.760. The summed E-state index contributed by atoms with van der Waals surface area (Å²) < 4.78 is 1.97. The predicted molar refractivity (Wildman–Crippen MR) is 67.5 cm³/mol. The normalized spacial score (nSPS) is 10.6. The molecule has 0 saturated heterocycles. The fourth-order valence-electron chi connectivity index (χ4n) is 1.68. The zero-order valence-electron chi connectivity index (χ0n) is 9.55. The molecule has 0 spiro atoms. The first-order chi connectivity index (χ1) is 7.86. The third-order valence-corrected chi connectivity index (χ3v) is 3.19. The van der Waals surface area contributed by atoms with Gasteiger partial charge < -0.3 is 0 Å². The molecule has 84 valence electrons. The first-order valence-corrected chi connectivity index (χ1v) is 6.60. The largest absolute Gasteiger partial charge is 0.246 e. The van der Waals surface area contributed by atoms with E-state index in [-0.39, 0.29) is 0 Å². The standard InChI is InChI=1S/C12H15N3S/c1-3-8-15-12(13-9-14-15)10-6-4-5-7-11(10)16-2/h4-7,9H,3,8H2,1-2H3. The lowest BCUT2D eigenvalue weighted by Gasteiger charge is -2.07. The maximum Gasteiger partial charge on any atom is 0.159 e. The molecule has 4 heteroatoms. The Morgan fingerprint density at radius 3 is 2.88 bits per heavy atom. The molecule has 2 rings (SSSR count). The van der Waals surface area contributed by atoms with Crippen LogP contribution in [0, 0.1) is 0 Å². The number of aromatic nitrogens is 3. The molecule has 1 aromatic carbocycles. The number of thioether (sulfide) groups is 1. The molecule has 0 aliphatic rings. The molecule has 1 heterocycles. The van der Waals surface area contributed by atoms with Crippen molar-refractivity contribution < 1.29 is 0 Å². The number of hydrogen-bond acceptors (Lipinski definition) is 3. The molecule has 0 atom stereocenters. The second-order valence-electron chi connectivity index (χ2n) is 3.51. The summed E-state index contributed by atoms with van der Waals surface area (Å²) in [6.07, 6.45) is 4.78. The van der Waals surface area contributed by atoms with Crippen LogP contribution in [0.3, 0.4) is 0 Å². The third kappa shape index (κ3) is 2.11. The van der Waals surface area contributed by atoms with Crippen molar-refractivity contribution in [1.82, 2.24) is 14.8 Å². The lowest BCUT2D eigenvalue weighted by atomic mass is 10.2. The molecule has 1 aromatic heterocycles. The Labute approximate surface area is 99.9 Å². The van der Waals surface area contributed by atoms with Crippen LogP contribution in [0.2, 0.25) is 0 Å². The van der Waals surface area contributed by atoms with E-state index in [2.05, 4.69) is 41.5 Å². The SMILES string of the molecule is CCCn1ncnc1-c1ccccc1SC. The highest BCUT2D eigenvalue weighted by Gasteiger charge is 2.09. The van der Waals surface area contributed by atoms with Gasteiger partial charge in [-0.05, 0) is 18.7 Å². The predicted octanol–water partition coefficient (Wildman–Crippen LogP) is 3.08. The van der Waals surface area contributed by atoms with Crippen molar-refractivity contribution in [3.63, 3.8) is 0 Å². The van der Waals surface area contributed by atoms with Crippen LogP contribution in [0.4, 0.5) is 0 Å². The van der Waals surface area contributed by atoms with Gasteiger partial charge in [0.2, 0.25) is 0 Å². The molecule has 2 aromatic rings. The Kier molecular flexibility index (Phi) is 3.62. The molecular weight excluding hydrogens is 218 g/mol. The van der Waals surface area contributed by atoms with Crippen molar-refractivity contribution in [3.05, 3.63) is 30.6 Å². The maximum atomic E-state index is 4.35. The molecule has 16 heavy (non-hydrogen) atoms. The summed E-state index contributed by atoms with van der Waals surface area (Å²) in [6.45, 7) is 3.06. The van der Waals surface area contributed by atoms with Crippen molar-refractivity contribution in [1.29, 1.82) is 0 Å². The molecule has 0 bridgehead atoms. The zero-order valence-corrected chi connectivity index (χ0v) is 10.4. The van der Waals surface area contributed by atoms with E-state index in [0.717, 1.165) is 18.8 Å². The molecule has 0 aliphatic heterocycles. The van der Waals surface area contributed by atoms with Crippen molar-refractivity contribution in [2.75, 3.05) is 6.26 Å². The van der Waals surface area contributed by atoms with Gasteiger partial charge in [0, 0.05) is 17.0 Å². The van der Waals surface area contributed by atoms with E-state index in [0.29, 0.717) is 0 Å². The van der Waals surface area contributed by atoms with Crippen LogP contribution in [0.25, 0.3) is 11.4 Å². The van der Waals surface area contributed by atoms with E-state index >= 15 is 0 Å². The fourth-order valence-corrected chi connectivity index (χ4v) is 2.27. The Morgan fingerprint density at radius 1 is 1.31 bits per heavy atom. The average molecular weight is 233 g/mol. The van der Waals surface area contributed by atoms with Crippen LogP contribution in [-0.2, 0) is 6.54 Å². The summed E-state index contributed by atoms with van der Waals surface area (Å²) in [7, 11) is 0. The van der Waals surface area contributed by atoms with Crippen LogP contribution in [0.1, 0.15) is 13.3 Å². The van der Waals surface area contributed by atoms with Crippen LogP contribution >= 0.6 is 11.8 Å². The topological polar surface area (TPSA) is 30.7 Å². The first-order valence-electron chi connectivity index (χ1n) is 5.38. The smallest absolute Gasteiger partial charge is 0.159 e. The maximum absolute atomic E-state index is 4.35. The summed E-state index contributed by atoms with van der Waals surface area (Å²) in [6, 6.07) is 8.31. The van der Waals surface area contributed by atoms with E-state index in [9.17, 15) is 0 Å². The van der Waals surface area contributed by atoms with Crippen molar-refractivity contribution >= 4 is 11.8 Å². The lowest BCUT2D eigenvalue weighted by molar-refractivity contribution is 0.607. The Morgan fingerprint density at radius 2 is 2.12 bits per heavy atom. The van der Waals surface area contributed by atoms with Gasteiger partial charge in [-0.2, -0.15) is 5.10 Å². The highest BCUT2D eigenvalue weighted by Crippen LogP contribution is 2.28. The van der Waals surface area contributed by atoms with Gasteiger partial charge >= 0.3 is 0 Å². The van der Waals surface area contributed by atoms with Crippen LogP contribution < -0.4 is 0 Å². The van der Waals surface area contributed by atoms with Gasteiger partial charge in [0.1, 0.15) is 6.33 Å². The molecule has 0 radical (unpaired) electrons. The van der Waals surface area contributed by atoms with E-state index in [1.54, 1.807) is 18.1 Å². The molecule has 0 amide bonds. The highest BCUT2D eigenvalue weighted by molar-refractivity contribution is 7.98. The summed E-state index contributed by atoms with van der Waals surface area (Å²) in [4.78, 5) is 5.60. The Bertz CT molecular complexity index is 465. The van der Waals surface area contributed by atoms with Crippen molar-refractivity contribution in [2.45, 2.75) is 24.8 Å². The lowest BCUT2D eigenvalue weighted by Crippen LogP contribution is -2.02. The van der Waals surface area contributed by atoms with Crippen molar-refractivity contribution in [2.24, 2.45) is 0 Å². The van der Waals surface area contributed by atoms with Crippen LogP contribution in [0.15, 0.2) is 35.5 Å². The summed E-state index contributed by atoms with van der Waals surface area (Å²) >= 11 is 1.74. The van der Waals surface area contributed by atoms with Gasteiger partial charge in [-0.1, -0.05) is 25.1 Å². The monoisotopic (exact) mass is 233 g/mol. The van der Waals surface area contributed by atoms with Gasteiger partial charge in [-0.15, -0.1) is 11.8 Å². The second kappa shape index (κ2) is 5.16. The average Bonchev–Trinajstić information content (AvgIpc) is 2.77. The number of nitrogens with zero attached hydrogens (tertiary/aromatic N) is 3. The van der Waals surface area contributed by atoms with Gasteiger partial charge in [0.15, 0.2) is 5.82 Å². The highest BCUT2D eigenvalue weighted by atomic mass is 32.2. The molecule has 0 fully saturated rings. The van der Waals surface area contributed by atoms with E-state index < -0.39 is 0 Å². The first kappa shape index (κ1) is 11.2. The fraction of sp³-hybridized carbons (Fsp3) is 0.333. The van der Waals surface area contributed by atoms with Crippen molar-refractivity contribution in [3.8, 4) is 11.4 Å². The molecule has 0 saturated carbocycles. The third-order valence-electron chi connectivity index (χ3n) is 2.40. The minimum atomic E-state index is 0.915. The Hall–Kier alpha value is -1.29. The van der Waals surface area contributed by atoms with E-state index in [1.807, 2.05) is 10.7 Å². The minimum Gasteiger partial charge on any atom is -0.246 e. The molecule has 3 nitrogen and oxygen atoms in total. The summed E-state index contributed by atoms with van der Waals surface area (Å²) in [5.74, 6) is 0.965. The Balaban J connectivity index is 2.45. The van der Waals surface area contributed by atoms with E-state index in [4.69, 9.17) is 0 Å². The zero-order chi connectivity index (χ0) is 11.4. The second-order valence-corrected chi connectivity index (χ2v) is 4.36. The van der Waals surface area contributed by atoms with Gasteiger partial charge in [0.25, 0.3) is 0 Å². The molecular formula is C12H15N3S. The van der Waals surface area contributed by atoms with Gasteiger partial charge in [0.05, 0.1) is 0 Å². The van der Waals surface area contributed by atoms with Gasteiger partial charge in [-0.3, -0.25) is 0 Å². The van der Waals surface area contributed by atoms with E-state index in [1.165, 1.54) is 10.5 Å². The number of hydrogen-bond donors (Lipinski definition) is 0. The minimum absolute atomic E-state index is 0.915. The van der Waals surface area contributed by atoms with Crippen LogP contribution in [-0.4, -0.2) is 21.0 Å². The molecule has 0 aliphatic carbocycles. The number of rotatable bonds is 4. The summed E-state index contributed by atoms with van der Waals surface area (Å²) in [5.41, 5.74) is 1.17.